The minimum Gasteiger partial charge on any atom is -0.494 e. The number of halogens is 1. The maximum atomic E-state index is 14.2. The highest BCUT2D eigenvalue weighted by atomic mass is 19.1. The number of aromatic nitrogens is 3. The van der Waals surface area contributed by atoms with Gasteiger partial charge in [0.05, 0.1) is 45.4 Å². The number of nitrogens with one attached hydrogen (secondary N) is 2. The van der Waals surface area contributed by atoms with Crippen molar-refractivity contribution in [2.45, 2.75) is 25.4 Å². The molecule has 0 aliphatic carbocycles. The second-order valence-corrected chi connectivity index (χ2v) is 15.0. The van der Waals surface area contributed by atoms with E-state index in [2.05, 4.69) is 15.3 Å². The minimum absolute atomic E-state index is 0.00480. The predicted octanol–water partition coefficient (Wildman–Crippen LogP) is 6.71. The number of carbonyl (C=O) groups excluding carboxylic acids is 3. The number of carbonyl (C=O) groups is 3. The third-order valence-corrected chi connectivity index (χ3v) is 11.6. The minimum atomic E-state index is -1.18. The van der Waals surface area contributed by atoms with E-state index >= 15 is 0 Å². The standard InChI is InChI=1S/C29H23FN4O3.C16H10N2O2/c1-15(2)24-22-23(27(37)33(26(22)36)17-13-11-16(30)12-14-17)29(32-24)19-8-4-6-10-21(19)34-25(35)18-7-3-5-9-20(18)31-28(29)34;19-15-10-6-2-4-8-12(10)17-14(15)13-9-5-1-3-7-11(9)18-16(13)20/h3-15,22-24,32H,1-2H3;1-8,18,20H/t22-,23-,24?,29?;/m1./s1. The number of nitrogens with zero attached hydrogens (tertiary/aromatic N) is 4. The van der Waals surface area contributed by atoms with E-state index in [1.807, 2.05) is 80.6 Å². The number of hydrogen-bond donors (Lipinski definition) is 3. The van der Waals surface area contributed by atoms with E-state index in [0.29, 0.717) is 50.6 Å². The molecule has 2 amide bonds. The Morgan fingerprint density at radius 2 is 1.47 bits per heavy atom. The fraction of sp³-hybridized carbons (Fsp3) is 0.156. The summed E-state index contributed by atoms with van der Waals surface area (Å²) in [4.78, 5) is 67.8. The Morgan fingerprint density at radius 3 is 2.25 bits per heavy atom. The lowest BCUT2D eigenvalue weighted by Gasteiger charge is -2.32. The van der Waals surface area contributed by atoms with E-state index in [0.717, 1.165) is 16.5 Å². The first-order chi connectivity index (χ1) is 27.6. The summed E-state index contributed by atoms with van der Waals surface area (Å²) in [6.07, 6.45) is 0. The van der Waals surface area contributed by atoms with Gasteiger partial charge in [-0.3, -0.25) is 29.1 Å². The van der Waals surface area contributed by atoms with Crippen LogP contribution in [0.5, 0.6) is 5.88 Å². The molecule has 4 aliphatic heterocycles. The van der Waals surface area contributed by atoms with Crippen LogP contribution < -0.4 is 15.8 Å². The first-order valence-electron chi connectivity index (χ1n) is 18.7. The van der Waals surface area contributed by atoms with Gasteiger partial charge in [-0.25, -0.2) is 19.3 Å². The summed E-state index contributed by atoms with van der Waals surface area (Å²) in [5.41, 5.74) is 3.64. The van der Waals surface area contributed by atoms with E-state index in [4.69, 9.17) is 4.98 Å². The predicted molar refractivity (Wildman–Crippen MR) is 213 cm³/mol. The summed E-state index contributed by atoms with van der Waals surface area (Å²) in [7, 11) is 0. The molecule has 280 valence electrons. The van der Waals surface area contributed by atoms with E-state index in [1.165, 1.54) is 29.2 Å². The van der Waals surface area contributed by atoms with Gasteiger partial charge in [-0.2, -0.15) is 0 Å². The third-order valence-electron chi connectivity index (χ3n) is 11.6. The van der Waals surface area contributed by atoms with Crippen molar-refractivity contribution in [1.82, 2.24) is 19.9 Å². The molecule has 7 aromatic rings. The van der Waals surface area contributed by atoms with Crippen LogP contribution in [0.4, 0.5) is 15.8 Å². The van der Waals surface area contributed by atoms with Crippen LogP contribution in [0.3, 0.4) is 0 Å². The van der Waals surface area contributed by atoms with Crippen LogP contribution in [0.25, 0.3) is 27.5 Å². The number of aromatic amines is 1. The molecule has 2 unspecified atom stereocenters. The number of para-hydroxylation sites is 4. The molecule has 0 bridgehead atoms. The summed E-state index contributed by atoms with van der Waals surface area (Å²) < 4.78 is 15.3. The van der Waals surface area contributed by atoms with Crippen LogP contribution in [0.1, 0.15) is 41.2 Å². The monoisotopic (exact) mass is 756 g/mol. The highest BCUT2D eigenvalue weighted by Gasteiger charge is 2.70. The van der Waals surface area contributed by atoms with E-state index < -0.39 is 23.2 Å². The van der Waals surface area contributed by atoms with Gasteiger partial charge in [-0.05, 0) is 66.6 Å². The Balaban J connectivity index is 0.000000166. The van der Waals surface area contributed by atoms with Crippen molar-refractivity contribution in [1.29, 1.82) is 0 Å². The normalized spacial score (nSPS) is 21.5. The number of benzene rings is 5. The van der Waals surface area contributed by atoms with Crippen molar-refractivity contribution in [3.05, 3.63) is 160 Å². The number of imide groups is 1. The molecule has 0 saturated carbocycles. The van der Waals surface area contributed by atoms with Gasteiger partial charge in [0.15, 0.2) is 5.88 Å². The lowest BCUT2D eigenvalue weighted by molar-refractivity contribution is -0.123. The zero-order valence-corrected chi connectivity index (χ0v) is 30.6. The van der Waals surface area contributed by atoms with Crippen molar-refractivity contribution in [2.75, 3.05) is 4.90 Å². The number of aromatic hydroxyl groups is 1. The summed E-state index contributed by atoms with van der Waals surface area (Å²) in [5, 5.41) is 15.0. The Hall–Kier alpha value is -7.05. The quantitative estimate of drug-likeness (QED) is 0.170. The second kappa shape index (κ2) is 12.5. The number of fused-ring (bicyclic) bond motifs is 10. The van der Waals surface area contributed by atoms with Gasteiger partial charge in [-0.15, -0.1) is 0 Å². The number of ketones is 1. The largest absolute Gasteiger partial charge is 0.494 e. The van der Waals surface area contributed by atoms with Gasteiger partial charge in [0, 0.05) is 28.1 Å². The van der Waals surface area contributed by atoms with Crippen LogP contribution in [-0.2, 0) is 15.1 Å². The van der Waals surface area contributed by atoms with Gasteiger partial charge in [0.25, 0.3) is 5.56 Å². The van der Waals surface area contributed by atoms with Gasteiger partial charge < -0.3 is 10.1 Å². The lowest BCUT2D eigenvalue weighted by Crippen LogP contribution is -2.51. The van der Waals surface area contributed by atoms with Gasteiger partial charge in [0.1, 0.15) is 22.9 Å². The molecule has 6 heterocycles. The summed E-state index contributed by atoms with van der Waals surface area (Å²) in [6, 6.07) is 34.3. The Kier molecular flexibility index (Phi) is 7.54. The molecule has 3 N–H and O–H groups in total. The molecule has 2 saturated heterocycles. The van der Waals surface area contributed by atoms with E-state index in [1.54, 1.807) is 34.9 Å². The van der Waals surface area contributed by atoms with Crippen molar-refractivity contribution in [3.8, 4) is 11.6 Å². The Labute approximate surface area is 324 Å². The Morgan fingerprint density at radius 1 is 0.789 bits per heavy atom. The van der Waals surface area contributed by atoms with Crippen LogP contribution >= 0.6 is 0 Å². The molecule has 2 aromatic heterocycles. The molecule has 2 fully saturated rings. The molecule has 11 nitrogen and oxygen atoms in total. The number of rotatable bonds is 3. The molecular formula is C45H33FN6O5. The van der Waals surface area contributed by atoms with Crippen molar-refractivity contribution in [3.63, 3.8) is 0 Å². The van der Waals surface area contributed by atoms with Crippen molar-refractivity contribution >= 4 is 56.5 Å². The molecular weight excluding hydrogens is 724 g/mol. The number of Topliss-reactive ketones (excluding diaryl/α,β-unsaturated/α-hetero) is 1. The lowest BCUT2D eigenvalue weighted by atomic mass is 9.75. The van der Waals surface area contributed by atoms with Crippen LogP contribution in [0, 0.1) is 23.6 Å². The zero-order valence-electron chi connectivity index (χ0n) is 30.6. The van der Waals surface area contributed by atoms with Gasteiger partial charge >= 0.3 is 0 Å². The summed E-state index contributed by atoms with van der Waals surface area (Å²) >= 11 is 0. The number of anilines is 1. The summed E-state index contributed by atoms with van der Waals surface area (Å²) in [6.45, 7) is 4.02. The Bertz CT molecular complexity index is 2970. The van der Waals surface area contributed by atoms with Crippen LogP contribution in [0.2, 0.25) is 0 Å². The third kappa shape index (κ3) is 4.80. The zero-order chi connectivity index (χ0) is 39.3. The molecule has 12 heteroatoms. The van der Waals surface area contributed by atoms with Gasteiger partial charge in [-0.1, -0.05) is 74.5 Å². The molecule has 0 radical (unpaired) electrons. The van der Waals surface area contributed by atoms with Crippen LogP contribution in [0.15, 0.2) is 131 Å². The van der Waals surface area contributed by atoms with Crippen molar-refractivity contribution in [2.24, 2.45) is 22.7 Å². The average Bonchev–Trinajstić information content (AvgIpc) is 3.98. The molecule has 4 aliphatic rings. The topological polar surface area (TPSA) is 150 Å². The SMILES string of the molecule is CC(C)C1NC2(c3ccccc3-n3c2nc2ccccc2c3=O)[C@H]2C(=O)N(c3ccc(F)cc3)C(=O)[C@@H]12.O=C1C(c2c(O)[nH]c3ccccc23)=Nc2ccccc21. The average molecular weight is 757 g/mol. The fourth-order valence-electron chi connectivity index (χ4n) is 9.17. The van der Waals surface area contributed by atoms with E-state index in [-0.39, 0.29) is 41.0 Å². The number of aliphatic imine (C=N–C) groups is 1. The maximum absolute atomic E-state index is 14.2. The fourth-order valence-corrected chi connectivity index (χ4v) is 9.17. The number of H-pyrrole nitrogens is 1. The summed E-state index contributed by atoms with van der Waals surface area (Å²) in [5.74, 6) is -2.43. The number of hydrogen-bond acceptors (Lipinski definition) is 8. The second-order valence-electron chi connectivity index (χ2n) is 15.0. The first kappa shape index (κ1) is 34.4. The highest BCUT2D eigenvalue weighted by molar-refractivity contribution is 6.56. The van der Waals surface area contributed by atoms with Crippen LogP contribution in [-0.4, -0.2) is 49.0 Å². The molecule has 57 heavy (non-hydrogen) atoms. The number of amides is 2. The highest BCUT2D eigenvalue weighted by Crippen LogP contribution is 2.56. The molecule has 4 atom stereocenters. The van der Waals surface area contributed by atoms with Gasteiger partial charge in [0.2, 0.25) is 17.6 Å². The smallest absolute Gasteiger partial charge is 0.266 e. The maximum Gasteiger partial charge on any atom is 0.266 e. The molecule has 1 spiro atoms. The molecule has 11 rings (SSSR count). The van der Waals surface area contributed by atoms with Crippen molar-refractivity contribution < 1.29 is 23.9 Å². The van der Waals surface area contributed by atoms with E-state index in [9.17, 15) is 28.7 Å². The molecule has 5 aromatic carbocycles. The first-order valence-corrected chi connectivity index (χ1v) is 18.7.